The van der Waals surface area contributed by atoms with Crippen LogP contribution in [0.3, 0.4) is 0 Å². The van der Waals surface area contributed by atoms with Gasteiger partial charge in [-0.3, -0.25) is 0 Å². The first kappa shape index (κ1) is 14.0. The van der Waals surface area contributed by atoms with Crippen LogP contribution in [0, 0.1) is 5.82 Å². The molecule has 0 amide bonds. The quantitative estimate of drug-likeness (QED) is 0.790. The van der Waals surface area contributed by atoms with Gasteiger partial charge in [0.05, 0.1) is 5.69 Å². The summed E-state index contributed by atoms with van der Waals surface area (Å²) in [6, 6.07) is 6.13. The van der Waals surface area contributed by atoms with Crippen molar-refractivity contribution in [1.29, 1.82) is 0 Å². The fourth-order valence-corrected chi connectivity index (χ4v) is 2.33. The standard InChI is InChI=1S/C14H17FN2OS/c1-2-6-16-8-14-17-12(10-19-14)9-18-13-5-3-4-11(15)7-13/h3-5,7,10,16H,2,6,8-9H2,1H3. The molecule has 1 N–H and O–H groups in total. The molecule has 1 aromatic carbocycles. The monoisotopic (exact) mass is 280 g/mol. The van der Waals surface area contributed by atoms with Crippen molar-refractivity contribution in [2.75, 3.05) is 6.54 Å². The predicted molar refractivity (Wildman–Crippen MR) is 74.8 cm³/mol. The largest absolute Gasteiger partial charge is 0.487 e. The highest BCUT2D eigenvalue weighted by atomic mass is 32.1. The van der Waals surface area contributed by atoms with E-state index in [1.165, 1.54) is 12.1 Å². The molecule has 0 atom stereocenters. The Morgan fingerprint density at radius 1 is 1.42 bits per heavy atom. The molecule has 19 heavy (non-hydrogen) atoms. The molecular weight excluding hydrogens is 263 g/mol. The SMILES string of the molecule is CCCNCc1nc(COc2cccc(F)c2)cs1. The molecule has 1 aromatic heterocycles. The van der Waals surface area contributed by atoms with Gasteiger partial charge in [0.25, 0.3) is 0 Å². The summed E-state index contributed by atoms with van der Waals surface area (Å²) in [6.45, 7) is 4.29. The minimum Gasteiger partial charge on any atom is -0.487 e. The second-order valence-electron chi connectivity index (χ2n) is 4.16. The fraction of sp³-hybridized carbons (Fsp3) is 0.357. The third-order valence-electron chi connectivity index (χ3n) is 2.49. The van der Waals surface area contributed by atoms with Crippen molar-refractivity contribution in [3.8, 4) is 5.75 Å². The van der Waals surface area contributed by atoms with E-state index >= 15 is 0 Å². The molecule has 0 saturated carbocycles. The zero-order chi connectivity index (χ0) is 13.5. The van der Waals surface area contributed by atoms with Gasteiger partial charge in [-0.2, -0.15) is 0 Å². The van der Waals surface area contributed by atoms with Crippen LogP contribution in [-0.4, -0.2) is 11.5 Å². The lowest BCUT2D eigenvalue weighted by Crippen LogP contribution is -2.13. The molecule has 2 aromatic rings. The van der Waals surface area contributed by atoms with Crippen LogP contribution in [-0.2, 0) is 13.2 Å². The fourth-order valence-electron chi connectivity index (χ4n) is 1.58. The van der Waals surface area contributed by atoms with Crippen LogP contribution < -0.4 is 10.1 Å². The number of nitrogens with one attached hydrogen (secondary N) is 1. The van der Waals surface area contributed by atoms with E-state index in [1.54, 1.807) is 23.5 Å². The lowest BCUT2D eigenvalue weighted by Gasteiger charge is -2.03. The molecule has 0 aliphatic rings. The number of rotatable bonds is 7. The van der Waals surface area contributed by atoms with Crippen molar-refractivity contribution in [3.63, 3.8) is 0 Å². The molecule has 2 rings (SSSR count). The number of thiazole rings is 1. The van der Waals surface area contributed by atoms with Gasteiger partial charge in [0, 0.05) is 18.0 Å². The highest BCUT2D eigenvalue weighted by Gasteiger charge is 2.03. The van der Waals surface area contributed by atoms with E-state index in [9.17, 15) is 4.39 Å². The molecule has 0 aliphatic carbocycles. The second-order valence-corrected chi connectivity index (χ2v) is 5.10. The first-order chi connectivity index (χ1) is 9.28. The third kappa shape index (κ3) is 4.61. The Morgan fingerprint density at radius 2 is 2.32 bits per heavy atom. The number of hydrogen-bond donors (Lipinski definition) is 1. The molecule has 5 heteroatoms. The smallest absolute Gasteiger partial charge is 0.131 e. The summed E-state index contributed by atoms with van der Waals surface area (Å²) in [5, 5.41) is 6.33. The van der Waals surface area contributed by atoms with Gasteiger partial charge in [0.15, 0.2) is 0 Å². The Kier molecular flexibility index (Phi) is 5.30. The molecule has 0 aliphatic heterocycles. The van der Waals surface area contributed by atoms with E-state index < -0.39 is 0 Å². The third-order valence-corrected chi connectivity index (χ3v) is 3.38. The molecule has 102 valence electrons. The van der Waals surface area contributed by atoms with Crippen LogP contribution in [0.15, 0.2) is 29.6 Å². The molecule has 0 fully saturated rings. The Bertz CT molecular complexity index is 516. The van der Waals surface area contributed by atoms with Gasteiger partial charge >= 0.3 is 0 Å². The number of hydrogen-bond acceptors (Lipinski definition) is 4. The first-order valence-corrected chi connectivity index (χ1v) is 7.18. The summed E-state index contributed by atoms with van der Waals surface area (Å²) in [4.78, 5) is 4.46. The molecule has 0 unspecified atom stereocenters. The highest BCUT2D eigenvalue weighted by molar-refractivity contribution is 7.09. The van der Waals surface area contributed by atoms with Gasteiger partial charge in [-0.1, -0.05) is 13.0 Å². The number of aromatic nitrogens is 1. The molecule has 3 nitrogen and oxygen atoms in total. The number of benzene rings is 1. The van der Waals surface area contributed by atoms with Crippen molar-refractivity contribution in [2.45, 2.75) is 26.5 Å². The van der Waals surface area contributed by atoms with Crippen molar-refractivity contribution < 1.29 is 9.13 Å². The van der Waals surface area contributed by atoms with E-state index in [1.807, 2.05) is 5.38 Å². The minimum absolute atomic E-state index is 0.291. The summed E-state index contributed by atoms with van der Waals surface area (Å²) in [7, 11) is 0. The molecule has 0 bridgehead atoms. The van der Waals surface area contributed by atoms with Gasteiger partial charge in [-0.15, -0.1) is 11.3 Å². The Balaban J connectivity index is 1.83. The van der Waals surface area contributed by atoms with Crippen LogP contribution in [0.4, 0.5) is 4.39 Å². The summed E-state index contributed by atoms with van der Waals surface area (Å²) in [6.07, 6.45) is 1.11. The van der Waals surface area contributed by atoms with Gasteiger partial charge < -0.3 is 10.1 Å². The lowest BCUT2D eigenvalue weighted by atomic mass is 10.3. The maximum Gasteiger partial charge on any atom is 0.131 e. The van der Waals surface area contributed by atoms with Crippen molar-refractivity contribution in [2.24, 2.45) is 0 Å². The Labute approximate surface area is 116 Å². The summed E-state index contributed by atoms with van der Waals surface area (Å²) < 4.78 is 18.5. The summed E-state index contributed by atoms with van der Waals surface area (Å²) in [5.41, 5.74) is 0.877. The van der Waals surface area contributed by atoms with Crippen molar-refractivity contribution >= 4 is 11.3 Å². The number of ether oxygens (including phenoxy) is 1. The van der Waals surface area contributed by atoms with Crippen LogP contribution in [0.5, 0.6) is 5.75 Å². The average Bonchev–Trinajstić information content (AvgIpc) is 2.85. The normalized spacial score (nSPS) is 10.6. The summed E-state index contributed by atoms with van der Waals surface area (Å²) in [5.74, 6) is 0.235. The van der Waals surface area contributed by atoms with Gasteiger partial charge in [0.1, 0.15) is 23.2 Å². The number of halogens is 1. The van der Waals surface area contributed by atoms with Gasteiger partial charge in [0.2, 0.25) is 0 Å². The topological polar surface area (TPSA) is 34.2 Å². The lowest BCUT2D eigenvalue weighted by molar-refractivity contribution is 0.300. The maximum atomic E-state index is 13.0. The van der Waals surface area contributed by atoms with E-state index in [-0.39, 0.29) is 5.82 Å². The van der Waals surface area contributed by atoms with E-state index in [4.69, 9.17) is 4.74 Å². The van der Waals surface area contributed by atoms with Crippen molar-refractivity contribution in [3.05, 3.63) is 46.2 Å². The van der Waals surface area contributed by atoms with Gasteiger partial charge in [-0.25, -0.2) is 9.37 Å². The van der Waals surface area contributed by atoms with E-state index in [0.29, 0.717) is 12.4 Å². The molecule has 0 radical (unpaired) electrons. The zero-order valence-corrected chi connectivity index (χ0v) is 11.7. The molecular formula is C14H17FN2OS. The number of nitrogens with zero attached hydrogens (tertiary/aromatic N) is 1. The zero-order valence-electron chi connectivity index (χ0n) is 10.9. The van der Waals surface area contributed by atoms with Crippen LogP contribution in [0.1, 0.15) is 24.0 Å². The molecule has 0 spiro atoms. The van der Waals surface area contributed by atoms with E-state index in [2.05, 4.69) is 17.2 Å². The van der Waals surface area contributed by atoms with Gasteiger partial charge in [-0.05, 0) is 25.1 Å². The highest BCUT2D eigenvalue weighted by Crippen LogP contribution is 2.15. The molecule has 0 saturated heterocycles. The first-order valence-electron chi connectivity index (χ1n) is 6.30. The van der Waals surface area contributed by atoms with Crippen LogP contribution in [0.2, 0.25) is 0 Å². The van der Waals surface area contributed by atoms with Crippen LogP contribution >= 0.6 is 11.3 Å². The minimum atomic E-state index is -0.291. The predicted octanol–water partition coefficient (Wildman–Crippen LogP) is 3.36. The molecule has 1 heterocycles. The average molecular weight is 280 g/mol. The summed E-state index contributed by atoms with van der Waals surface area (Å²) >= 11 is 1.61. The van der Waals surface area contributed by atoms with E-state index in [0.717, 1.165) is 30.2 Å². The Morgan fingerprint density at radius 3 is 3.11 bits per heavy atom. The van der Waals surface area contributed by atoms with Crippen LogP contribution in [0.25, 0.3) is 0 Å². The maximum absolute atomic E-state index is 13.0. The second kappa shape index (κ2) is 7.21. The Hall–Kier alpha value is -1.46. The van der Waals surface area contributed by atoms with Crippen molar-refractivity contribution in [1.82, 2.24) is 10.3 Å².